The number of quaternary nitrogens is 1. The van der Waals surface area contributed by atoms with Gasteiger partial charge in [0.1, 0.15) is 29.4 Å². The Morgan fingerprint density at radius 3 is 2.42 bits per heavy atom. The first kappa shape index (κ1) is 40.9. The van der Waals surface area contributed by atoms with Crippen LogP contribution in [0.4, 0.5) is 5.13 Å². The number of thioether (sulfide) groups is 1. The number of β-lactam (4-membered cyclic amide) rings is 1. The minimum absolute atomic E-state index is 0.0123. The summed E-state index contributed by atoms with van der Waals surface area (Å²) in [4.78, 5) is 88.6. The van der Waals surface area contributed by atoms with Crippen molar-refractivity contribution in [3.8, 4) is 11.5 Å². The number of phenols is 2. The van der Waals surface area contributed by atoms with E-state index in [0.717, 1.165) is 35.1 Å². The zero-order valence-electron chi connectivity index (χ0n) is 31.3. The second-order valence-corrected chi connectivity index (χ2v) is 16.8. The molecule has 1 aromatic carbocycles. The average molecular weight is 829 g/mol. The number of likely N-dealkylation sites (tertiary alicyclic amines) is 1. The summed E-state index contributed by atoms with van der Waals surface area (Å²) in [5.41, 5.74) is 2.99. The van der Waals surface area contributed by atoms with Gasteiger partial charge in [-0.1, -0.05) is 5.16 Å². The highest BCUT2D eigenvalue weighted by Gasteiger charge is 2.57. The number of carbonyl (C=O) groups is 5. The molecule has 3 amide bonds. The van der Waals surface area contributed by atoms with Crippen LogP contribution in [0.3, 0.4) is 0 Å². The maximum absolute atomic E-state index is 13.7. The zero-order chi connectivity index (χ0) is 41.6. The number of thiazole rings is 1. The molecule has 2 saturated heterocycles. The van der Waals surface area contributed by atoms with Gasteiger partial charge in [0.15, 0.2) is 28.0 Å². The van der Waals surface area contributed by atoms with Crippen molar-refractivity contribution in [2.45, 2.75) is 69.3 Å². The lowest BCUT2D eigenvalue weighted by Gasteiger charge is -2.51. The number of amides is 3. The highest BCUT2D eigenvalue weighted by molar-refractivity contribution is 8.00. The molecule has 3 aliphatic rings. The largest absolute Gasteiger partial charge is 0.504 e. The average Bonchev–Trinajstić information content (AvgIpc) is 3.81. The molecule has 22 heteroatoms. The second-order valence-electron chi connectivity index (χ2n) is 14.4. The number of nitrogen functional groups attached to an aromatic ring is 1. The molecule has 5 heterocycles. The van der Waals surface area contributed by atoms with Crippen LogP contribution in [-0.4, -0.2) is 135 Å². The number of rotatable bonds is 14. The molecule has 20 nitrogen and oxygen atoms in total. The van der Waals surface area contributed by atoms with Crippen LogP contribution in [0.5, 0.6) is 11.5 Å². The van der Waals surface area contributed by atoms with Gasteiger partial charge in [0.2, 0.25) is 11.0 Å². The Hall–Kier alpha value is -5.74. The van der Waals surface area contributed by atoms with Crippen LogP contribution < -0.4 is 21.8 Å². The summed E-state index contributed by atoms with van der Waals surface area (Å²) in [6, 6.07) is 1.14. The van der Waals surface area contributed by atoms with Crippen molar-refractivity contribution in [3.05, 3.63) is 50.4 Å². The predicted molar refractivity (Wildman–Crippen MR) is 206 cm³/mol. The lowest BCUT2D eigenvalue weighted by molar-refractivity contribution is -0.911. The maximum Gasteiger partial charge on any atom is 0.352 e. The summed E-state index contributed by atoms with van der Waals surface area (Å²) in [6.45, 7) is 8.40. The molecule has 3 aliphatic heterocycles. The number of nitrogens with two attached hydrogens (primary N) is 1. The number of hydrogen-bond donors (Lipinski definition) is 7. The zero-order valence-corrected chi connectivity index (χ0v) is 33.0. The molecule has 6 rings (SSSR count). The molecule has 0 bridgehead atoms. The first-order valence-electron chi connectivity index (χ1n) is 17.9. The van der Waals surface area contributed by atoms with Gasteiger partial charge in [-0.3, -0.25) is 28.8 Å². The summed E-state index contributed by atoms with van der Waals surface area (Å²) in [6.07, 6.45) is 1.69. The molecule has 2 fully saturated rings. The topological polar surface area (TPSA) is 289 Å². The number of carboxylic acid groups (broad SMARTS) is 2. The number of benzene rings is 1. The molecule has 0 unspecified atom stereocenters. The Labute approximate surface area is 332 Å². The number of oxime groups is 1. The standard InChI is InChI=1S/C35H41N9O11S2/c1-5-42-20-13-22(46)21(45)12-17(20)27(47)24(40-42)28(48)37-8-11-44(9-6-7-10-44)14-18-16(2)57-31-25(30(50)43(31)26(18)32(51)52)39-29(49)23(19-15-56-34(36)38-19)41-55-35(3,4)33(53)54/h12-13,15-16,25,31H,5-11,14H2,1-4H3,(H7-,36,37,38,39,40,41,45,46,47,48,49,51,52,53,54)/p+1/t16-,25+,31+/m0/s1. The molecule has 304 valence electrons. The van der Waals surface area contributed by atoms with E-state index in [9.17, 15) is 49.2 Å². The van der Waals surface area contributed by atoms with E-state index >= 15 is 0 Å². The van der Waals surface area contributed by atoms with Crippen LogP contribution in [-0.2, 0) is 30.6 Å². The van der Waals surface area contributed by atoms with Gasteiger partial charge in [-0.05, 0) is 33.8 Å². The third kappa shape index (κ3) is 7.83. The summed E-state index contributed by atoms with van der Waals surface area (Å²) >= 11 is 2.30. The van der Waals surface area contributed by atoms with E-state index in [-0.39, 0.29) is 52.8 Å². The first-order chi connectivity index (χ1) is 26.9. The van der Waals surface area contributed by atoms with Gasteiger partial charge < -0.3 is 46.1 Å². The van der Waals surface area contributed by atoms with Crippen LogP contribution in [0, 0.1) is 0 Å². The van der Waals surface area contributed by atoms with Crippen molar-refractivity contribution < 1.29 is 53.7 Å². The number of carbonyl (C=O) groups excluding carboxylic acids is 3. The van der Waals surface area contributed by atoms with E-state index in [0.29, 0.717) is 29.7 Å². The normalized spacial score (nSPS) is 20.6. The van der Waals surface area contributed by atoms with E-state index < -0.39 is 74.6 Å². The van der Waals surface area contributed by atoms with Crippen LogP contribution in [0.25, 0.3) is 10.9 Å². The van der Waals surface area contributed by atoms with Crippen molar-refractivity contribution in [2.75, 3.05) is 38.5 Å². The van der Waals surface area contributed by atoms with Gasteiger partial charge in [0.25, 0.3) is 17.7 Å². The number of hydrogen-bond acceptors (Lipinski definition) is 15. The number of aryl methyl sites for hydroxylation is 1. The monoisotopic (exact) mass is 828 g/mol. The third-order valence-corrected chi connectivity index (χ3v) is 12.4. The van der Waals surface area contributed by atoms with Crippen molar-refractivity contribution in [1.29, 1.82) is 0 Å². The number of nitrogens with one attached hydrogen (secondary N) is 2. The third-order valence-electron chi connectivity index (χ3n) is 10.2. The van der Waals surface area contributed by atoms with Crippen LogP contribution in [0.15, 0.2) is 38.7 Å². The van der Waals surface area contributed by atoms with Crippen LogP contribution in [0.2, 0.25) is 0 Å². The number of fused-ring (bicyclic) bond motifs is 2. The Morgan fingerprint density at radius 2 is 1.81 bits per heavy atom. The molecule has 3 aromatic rings. The fourth-order valence-electron chi connectivity index (χ4n) is 7.08. The summed E-state index contributed by atoms with van der Waals surface area (Å²) in [5, 5.41) is 53.6. The molecule has 0 aliphatic carbocycles. The summed E-state index contributed by atoms with van der Waals surface area (Å²) in [7, 11) is 0. The number of aromatic nitrogens is 3. The van der Waals surface area contributed by atoms with E-state index in [1.54, 1.807) is 6.92 Å². The van der Waals surface area contributed by atoms with E-state index in [1.165, 1.54) is 41.7 Å². The fraction of sp³-hybridized carbons (Fsp3) is 0.457. The molecule has 57 heavy (non-hydrogen) atoms. The van der Waals surface area contributed by atoms with E-state index in [1.807, 2.05) is 6.92 Å². The number of aromatic hydroxyl groups is 2. The van der Waals surface area contributed by atoms with Crippen LogP contribution >= 0.6 is 23.1 Å². The first-order valence-corrected chi connectivity index (χ1v) is 19.8. The molecule has 0 radical (unpaired) electrons. The lowest BCUT2D eigenvalue weighted by Crippen LogP contribution is -2.71. The van der Waals surface area contributed by atoms with Crippen molar-refractivity contribution in [1.82, 2.24) is 30.3 Å². The number of aliphatic carboxylic acids is 2. The Kier molecular flexibility index (Phi) is 11.2. The summed E-state index contributed by atoms with van der Waals surface area (Å²) < 4.78 is 1.79. The molecule has 0 spiro atoms. The fourth-order valence-corrected chi connectivity index (χ4v) is 9.07. The second kappa shape index (κ2) is 15.7. The summed E-state index contributed by atoms with van der Waals surface area (Å²) in [5.74, 6) is -5.92. The number of anilines is 1. The highest BCUT2D eigenvalue weighted by Crippen LogP contribution is 2.45. The molecular weight excluding hydrogens is 787 g/mol. The lowest BCUT2D eigenvalue weighted by atomic mass is 9.99. The van der Waals surface area contributed by atoms with E-state index in [2.05, 4.69) is 25.9 Å². The SMILES string of the molecule is CCn1nc(C(=O)NCC[N+]2(CC3=C(C(=O)O)N4C(=O)[C@@H](NC(=O)/C(=N\OC(C)(C)C(=O)O)c5csc(N)n5)[C@H]4S[C@H]3C)CCCC2)c(=O)c2cc(O)c(O)cc21. The minimum Gasteiger partial charge on any atom is -0.504 e. The number of phenolic OH excluding ortho intramolecular Hbond substituents is 2. The maximum atomic E-state index is 13.7. The van der Waals surface area contributed by atoms with Gasteiger partial charge in [0, 0.05) is 41.7 Å². The Morgan fingerprint density at radius 1 is 1.12 bits per heavy atom. The molecule has 3 atom stereocenters. The molecule has 2 aromatic heterocycles. The van der Waals surface area contributed by atoms with Crippen molar-refractivity contribution in [2.24, 2.45) is 5.16 Å². The van der Waals surface area contributed by atoms with Gasteiger partial charge in [-0.25, -0.2) is 14.6 Å². The predicted octanol–water partition coefficient (Wildman–Crippen LogP) is 0.618. The van der Waals surface area contributed by atoms with Gasteiger partial charge in [-0.2, -0.15) is 5.10 Å². The number of carboxylic acids is 2. The quantitative estimate of drug-likeness (QED) is 0.0386. The molecule has 0 saturated carbocycles. The van der Waals surface area contributed by atoms with Crippen LogP contribution in [0.1, 0.15) is 56.7 Å². The molecular formula is C35H42N9O11S2+. The highest BCUT2D eigenvalue weighted by atomic mass is 32.2. The Bertz CT molecular complexity index is 2300. The van der Waals surface area contributed by atoms with Crippen molar-refractivity contribution in [3.63, 3.8) is 0 Å². The van der Waals surface area contributed by atoms with Gasteiger partial charge in [0.05, 0.1) is 37.1 Å². The van der Waals surface area contributed by atoms with Crippen molar-refractivity contribution >= 4 is 74.5 Å². The smallest absolute Gasteiger partial charge is 0.352 e. The Balaban J connectivity index is 1.19. The van der Waals surface area contributed by atoms with Gasteiger partial charge in [-0.15, -0.1) is 23.1 Å². The number of nitrogens with zero attached hydrogens (tertiary/aromatic N) is 6. The van der Waals surface area contributed by atoms with Gasteiger partial charge >= 0.3 is 11.9 Å². The minimum atomic E-state index is -1.81. The molecule has 8 N–H and O–H groups in total. The van der Waals surface area contributed by atoms with E-state index in [4.69, 9.17) is 10.6 Å².